The third kappa shape index (κ3) is 4.99. The van der Waals surface area contributed by atoms with Gasteiger partial charge in [-0.05, 0) is 122 Å². The number of alkyl carbamates (subject to hydrolysis) is 1. The van der Waals surface area contributed by atoms with Crippen LogP contribution in [-0.2, 0) is 11.2 Å². The normalized spacial score (nSPS) is 25.5. The molecule has 3 heterocycles. The molecule has 2 aromatic carbocycles. The smallest absolute Gasteiger partial charge is 0.407 e. The Hall–Kier alpha value is -2.53. The van der Waals surface area contributed by atoms with E-state index in [9.17, 15) is 4.79 Å². The van der Waals surface area contributed by atoms with Crippen LogP contribution < -0.4 is 10.1 Å². The third-order valence-electron chi connectivity index (χ3n) is 9.38. The molecule has 3 saturated heterocycles. The van der Waals surface area contributed by atoms with Gasteiger partial charge in [0.05, 0.1) is 12.6 Å². The summed E-state index contributed by atoms with van der Waals surface area (Å²) in [6.07, 6.45) is 6.07. The molecule has 2 aromatic rings. The SMILES string of the molecule is CCCOc1c(C)cc(-c2ccc3c(c2)CC(CC)(CC)C3NC(=O)O[C@@H]2CN3CCC2CC3)cc1C. The number of piperidine rings is 3. The highest BCUT2D eigenvalue weighted by molar-refractivity contribution is 5.71. The molecule has 5 nitrogen and oxygen atoms in total. The summed E-state index contributed by atoms with van der Waals surface area (Å²) in [6.45, 7) is 14.8. The number of nitrogens with one attached hydrogen (secondary N) is 1. The highest BCUT2D eigenvalue weighted by atomic mass is 16.6. The van der Waals surface area contributed by atoms with Gasteiger partial charge in [0.15, 0.2) is 0 Å². The Bertz CT molecular complexity index is 1110. The van der Waals surface area contributed by atoms with E-state index in [0.29, 0.717) is 5.92 Å². The van der Waals surface area contributed by atoms with E-state index in [-0.39, 0.29) is 23.7 Å². The first-order chi connectivity index (χ1) is 17.9. The first kappa shape index (κ1) is 26.1. The number of carbonyl (C=O) groups is 1. The topological polar surface area (TPSA) is 50.8 Å². The van der Waals surface area contributed by atoms with Gasteiger partial charge in [0.25, 0.3) is 0 Å². The van der Waals surface area contributed by atoms with Crippen molar-refractivity contribution < 1.29 is 14.3 Å². The summed E-state index contributed by atoms with van der Waals surface area (Å²) >= 11 is 0. The number of rotatable bonds is 8. The Morgan fingerprint density at radius 3 is 2.32 bits per heavy atom. The van der Waals surface area contributed by atoms with E-state index in [0.717, 1.165) is 70.5 Å². The second-order valence-electron chi connectivity index (χ2n) is 11.6. The van der Waals surface area contributed by atoms with Gasteiger partial charge in [0.1, 0.15) is 11.9 Å². The second kappa shape index (κ2) is 10.7. The van der Waals surface area contributed by atoms with E-state index in [1.807, 2.05) is 0 Å². The monoisotopic (exact) mass is 504 g/mol. The van der Waals surface area contributed by atoms with Crippen molar-refractivity contribution in [2.24, 2.45) is 11.3 Å². The van der Waals surface area contributed by atoms with E-state index < -0.39 is 0 Å². The molecule has 3 aliphatic heterocycles. The fourth-order valence-corrected chi connectivity index (χ4v) is 7.05. The second-order valence-corrected chi connectivity index (χ2v) is 11.6. The van der Waals surface area contributed by atoms with Crippen LogP contribution in [0.15, 0.2) is 30.3 Å². The zero-order valence-electron chi connectivity index (χ0n) is 23.4. The van der Waals surface area contributed by atoms with Crippen molar-refractivity contribution in [1.29, 1.82) is 0 Å². The predicted octanol–water partition coefficient (Wildman–Crippen LogP) is 6.98. The van der Waals surface area contributed by atoms with Gasteiger partial charge in [-0.15, -0.1) is 0 Å². The Morgan fingerprint density at radius 1 is 1.03 bits per heavy atom. The van der Waals surface area contributed by atoms with Crippen LogP contribution >= 0.6 is 0 Å². The zero-order valence-corrected chi connectivity index (χ0v) is 23.4. The number of aryl methyl sites for hydroxylation is 2. The molecule has 2 atom stereocenters. The van der Waals surface area contributed by atoms with Crippen LogP contribution in [0.2, 0.25) is 0 Å². The molecule has 0 aromatic heterocycles. The van der Waals surface area contributed by atoms with E-state index >= 15 is 0 Å². The molecule has 37 heavy (non-hydrogen) atoms. The number of carbonyl (C=O) groups excluding carboxylic acids is 1. The lowest BCUT2D eigenvalue weighted by atomic mass is 9.76. The highest BCUT2D eigenvalue weighted by Gasteiger charge is 2.45. The van der Waals surface area contributed by atoms with Crippen LogP contribution in [0.1, 0.15) is 81.2 Å². The van der Waals surface area contributed by atoms with Crippen molar-refractivity contribution >= 4 is 6.09 Å². The number of amides is 1. The zero-order chi connectivity index (χ0) is 26.2. The molecule has 0 spiro atoms. The molecular formula is C32H44N2O3. The number of nitrogens with zero attached hydrogens (tertiary/aromatic N) is 1. The number of hydrogen-bond acceptors (Lipinski definition) is 4. The van der Waals surface area contributed by atoms with E-state index in [4.69, 9.17) is 9.47 Å². The number of benzene rings is 2. The van der Waals surface area contributed by atoms with Gasteiger partial charge >= 0.3 is 6.09 Å². The lowest BCUT2D eigenvalue weighted by Gasteiger charge is -2.44. The first-order valence-corrected chi connectivity index (χ1v) is 14.4. The molecular weight excluding hydrogens is 460 g/mol. The van der Waals surface area contributed by atoms with Crippen LogP contribution in [-0.4, -0.2) is 43.3 Å². The Balaban J connectivity index is 1.38. The maximum Gasteiger partial charge on any atom is 0.407 e. The number of fused-ring (bicyclic) bond motifs is 4. The Kier molecular flexibility index (Phi) is 7.53. The maximum atomic E-state index is 13.2. The molecule has 4 aliphatic rings. The molecule has 1 aliphatic carbocycles. The summed E-state index contributed by atoms with van der Waals surface area (Å²) in [5.41, 5.74) is 7.40. The minimum Gasteiger partial charge on any atom is -0.493 e. The standard InChI is InChI=1S/C32H44N2O3/c1-6-15-36-29-21(4)16-25(17-22(29)5)24-9-10-27-26(18-24)19-32(7-2,8-3)30(27)33-31(35)37-28-20-34-13-11-23(28)12-14-34/h9-10,16-18,23,28,30H,6-8,11-15,19-20H2,1-5H3,(H,33,35)/t28-,30?/m1/s1. The van der Waals surface area contributed by atoms with Crippen LogP contribution in [0.25, 0.3) is 11.1 Å². The molecule has 0 saturated carbocycles. The Morgan fingerprint density at radius 2 is 1.73 bits per heavy atom. The number of ether oxygens (including phenoxy) is 2. The number of hydrogen-bond donors (Lipinski definition) is 1. The molecule has 1 unspecified atom stereocenters. The van der Waals surface area contributed by atoms with Gasteiger partial charge in [-0.3, -0.25) is 4.90 Å². The van der Waals surface area contributed by atoms with Crippen LogP contribution in [0.5, 0.6) is 5.75 Å². The van der Waals surface area contributed by atoms with E-state index in [1.165, 1.54) is 33.4 Å². The Labute approximate surface area is 222 Å². The quantitative estimate of drug-likeness (QED) is 0.421. The lowest BCUT2D eigenvalue weighted by Crippen LogP contribution is -2.53. The minimum absolute atomic E-state index is 0.0126. The van der Waals surface area contributed by atoms with Gasteiger partial charge in [-0.2, -0.15) is 0 Å². The minimum atomic E-state index is -0.249. The summed E-state index contributed by atoms with van der Waals surface area (Å²) in [6, 6.07) is 11.3. The summed E-state index contributed by atoms with van der Waals surface area (Å²) in [4.78, 5) is 15.6. The summed E-state index contributed by atoms with van der Waals surface area (Å²) in [7, 11) is 0. The molecule has 6 rings (SSSR count). The van der Waals surface area contributed by atoms with Crippen molar-refractivity contribution in [2.45, 2.75) is 85.3 Å². The van der Waals surface area contributed by atoms with Crippen LogP contribution in [0, 0.1) is 25.2 Å². The largest absolute Gasteiger partial charge is 0.493 e. The van der Waals surface area contributed by atoms with Gasteiger partial charge < -0.3 is 14.8 Å². The van der Waals surface area contributed by atoms with Crippen LogP contribution in [0.3, 0.4) is 0 Å². The summed E-state index contributed by atoms with van der Waals surface area (Å²) in [5.74, 6) is 1.52. The van der Waals surface area contributed by atoms with Gasteiger partial charge in [0, 0.05) is 6.54 Å². The molecule has 5 heteroatoms. The average Bonchev–Trinajstić information content (AvgIpc) is 3.21. The molecule has 3 fully saturated rings. The lowest BCUT2D eigenvalue weighted by molar-refractivity contribution is -0.0353. The van der Waals surface area contributed by atoms with Gasteiger partial charge in [-0.1, -0.05) is 39.0 Å². The summed E-state index contributed by atoms with van der Waals surface area (Å²) in [5, 5.41) is 3.34. The average molecular weight is 505 g/mol. The van der Waals surface area contributed by atoms with Crippen LogP contribution in [0.4, 0.5) is 4.79 Å². The van der Waals surface area contributed by atoms with Crippen molar-refractivity contribution in [1.82, 2.24) is 10.2 Å². The van der Waals surface area contributed by atoms with Crippen molar-refractivity contribution in [3.05, 3.63) is 52.6 Å². The fraction of sp³-hybridized carbons (Fsp3) is 0.594. The van der Waals surface area contributed by atoms with Crippen molar-refractivity contribution in [3.63, 3.8) is 0 Å². The fourth-order valence-electron chi connectivity index (χ4n) is 7.05. The molecule has 1 amide bonds. The molecule has 2 bridgehead atoms. The molecule has 0 radical (unpaired) electrons. The van der Waals surface area contributed by atoms with E-state index in [1.54, 1.807) is 0 Å². The predicted molar refractivity (Wildman–Crippen MR) is 149 cm³/mol. The maximum absolute atomic E-state index is 13.2. The van der Waals surface area contributed by atoms with Gasteiger partial charge in [-0.25, -0.2) is 4.79 Å². The molecule has 1 N–H and O–H groups in total. The summed E-state index contributed by atoms with van der Waals surface area (Å²) < 4.78 is 12.0. The van der Waals surface area contributed by atoms with Crippen molar-refractivity contribution in [2.75, 3.05) is 26.2 Å². The highest BCUT2D eigenvalue weighted by Crippen LogP contribution is 2.51. The third-order valence-corrected chi connectivity index (χ3v) is 9.38. The van der Waals surface area contributed by atoms with E-state index in [2.05, 4.69) is 75.2 Å². The van der Waals surface area contributed by atoms with Gasteiger partial charge in [0.2, 0.25) is 0 Å². The molecule has 200 valence electrons. The first-order valence-electron chi connectivity index (χ1n) is 14.4. The van der Waals surface area contributed by atoms with Crippen molar-refractivity contribution in [3.8, 4) is 16.9 Å².